The predicted molar refractivity (Wildman–Crippen MR) is 90.1 cm³/mol. The maximum Gasteiger partial charge on any atom is 0.135 e. The van der Waals surface area contributed by atoms with Crippen LogP contribution in [-0.2, 0) is 0 Å². The third kappa shape index (κ3) is 4.08. The van der Waals surface area contributed by atoms with E-state index < -0.39 is 0 Å². The zero-order chi connectivity index (χ0) is 15.4. The van der Waals surface area contributed by atoms with Gasteiger partial charge in [-0.1, -0.05) is 27.7 Å². The van der Waals surface area contributed by atoms with Gasteiger partial charge in [0.2, 0.25) is 0 Å². The lowest BCUT2D eigenvalue weighted by atomic mass is 9.93. The highest BCUT2D eigenvalue weighted by Crippen LogP contribution is 2.28. The third-order valence-corrected chi connectivity index (χ3v) is 4.24. The molecule has 0 radical (unpaired) electrons. The number of hydrogen-bond donors (Lipinski definition) is 1. The summed E-state index contributed by atoms with van der Waals surface area (Å²) in [6.07, 6.45) is 3.61. The number of anilines is 2. The number of aromatic nitrogens is 2. The van der Waals surface area contributed by atoms with Crippen molar-refractivity contribution >= 4 is 11.6 Å². The summed E-state index contributed by atoms with van der Waals surface area (Å²) in [6, 6.07) is 2.68. The van der Waals surface area contributed by atoms with E-state index in [1.165, 1.54) is 12.8 Å². The Balaban J connectivity index is 2.26. The molecular weight excluding hydrogens is 260 g/mol. The molecule has 1 fully saturated rings. The van der Waals surface area contributed by atoms with E-state index in [2.05, 4.69) is 55.9 Å². The van der Waals surface area contributed by atoms with Gasteiger partial charge in [-0.2, -0.15) is 0 Å². The number of hydrogen-bond acceptors (Lipinski definition) is 4. The summed E-state index contributed by atoms with van der Waals surface area (Å²) in [5, 5.41) is 3.41. The van der Waals surface area contributed by atoms with E-state index in [1.807, 2.05) is 0 Å². The van der Waals surface area contributed by atoms with Gasteiger partial charge in [-0.25, -0.2) is 9.97 Å². The summed E-state index contributed by atoms with van der Waals surface area (Å²) in [5.41, 5.74) is 0. The molecule has 2 unspecified atom stereocenters. The Labute approximate surface area is 129 Å². The molecule has 1 N–H and O–H groups in total. The van der Waals surface area contributed by atoms with Crippen molar-refractivity contribution in [2.75, 3.05) is 23.3 Å². The Kier molecular flexibility index (Phi) is 5.43. The van der Waals surface area contributed by atoms with Gasteiger partial charge in [-0.15, -0.1) is 0 Å². The molecule has 0 bridgehead atoms. The van der Waals surface area contributed by atoms with Gasteiger partial charge < -0.3 is 10.2 Å². The van der Waals surface area contributed by atoms with E-state index in [0.717, 1.165) is 42.9 Å². The average molecular weight is 290 g/mol. The second-order valence-electron chi connectivity index (χ2n) is 6.72. The maximum atomic E-state index is 4.81. The topological polar surface area (TPSA) is 41.0 Å². The van der Waals surface area contributed by atoms with E-state index in [9.17, 15) is 0 Å². The summed E-state index contributed by atoms with van der Waals surface area (Å²) >= 11 is 0. The minimum absolute atomic E-state index is 0.353. The van der Waals surface area contributed by atoms with Crippen LogP contribution in [0.4, 0.5) is 11.6 Å². The van der Waals surface area contributed by atoms with E-state index in [4.69, 9.17) is 4.98 Å². The fourth-order valence-corrected chi connectivity index (χ4v) is 2.95. The summed E-state index contributed by atoms with van der Waals surface area (Å²) in [6.45, 7) is 13.2. The molecule has 2 atom stereocenters. The van der Waals surface area contributed by atoms with Crippen LogP contribution in [0.5, 0.6) is 0 Å². The number of nitrogens with zero attached hydrogens (tertiary/aromatic N) is 3. The molecule has 0 spiro atoms. The van der Waals surface area contributed by atoms with Crippen molar-refractivity contribution in [1.29, 1.82) is 0 Å². The predicted octanol–water partition coefficient (Wildman–Crippen LogP) is 4.05. The lowest BCUT2D eigenvalue weighted by molar-refractivity contribution is 0.375. The van der Waals surface area contributed by atoms with Crippen LogP contribution < -0.4 is 10.2 Å². The Morgan fingerprint density at radius 2 is 2.10 bits per heavy atom. The van der Waals surface area contributed by atoms with Gasteiger partial charge in [-0.05, 0) is 32.1 Å². The zero-order valence-corrected chi connectivity index (χ0v) is 14.2. The molecule has 4 heteroatoms. The van der Waals surface area contributed by atoms with Crippen molar-refractivity contribution < 1.29 is 0 Å². The molecule has 1 saturated heterocycles. The summed E-state index contributed by atoms with van der Waals surface area (Å²) in [7, 11) is 0. The standard InChI is InChI=1S/C17H30N4/c1-6-8-18-15-11-16(20-17(19-15)12(2)3)21-9-7-13(4)10-14(21)5/h11-14H,6-10H2,1-5H3,(H,18,19,20). The monoisotopic (exact) mass is 290 g/mol. The second-order valence-corrected chi connectivity index (χ2v) is 6.72. The molecule has 2 rings (SSSR count). The Morgan fingerprint density at radius 1 is 1.33 bits per heavy atom. The molecule has 0 aromatic carbocycles. The average Bonchev–Trinajstić information content (AvgIpc) is 2.44. The largest absolute Gasteiger partial charge is 0.370 e. The van der Waals surface area contributed by atoms with Crippen molar-refractivity contribution in [1.82, 2.24) is 9.97 Å². The smallest absolute Gasteiger partial charge is 0.135 e. The molecule has 21 heavy (non-hydrogen) atoms. The van der Waals surface area contributed by atoms with Crippen LogP contribution in [0.3, 0.4) is 0 Å². The van der Waals surface area contributed by atoms with Crippen molar-refractivity contribution in [2.24, 2.45) is 5.92 Å². The third-order valence-electron chi connectivity index (χ3n) is 4.24. The van der Waals surface area contributed by atoms with Crippen LogP contribution >= 0.6 is 0 Å². The lowest BCUT2D eigenvalue weighted by Crippen LogP contribution is -2.41. The molecule has 1 aliphatic rings. The highest BCUT2D eigenvalue weighted by molar-refractivity contribution is 5.50. The molecule has 1 aromatic rings. The van der Waals surface area contributed by atoms with Gasteiger partial charge in [0.05, 0.1) is 0 Å². The molecule has 0 aliphatic carbocycles. The van der Waals surface area contributed by atoms with Crippen LogP contribution in [0.1, 0.15) is 65.6 Å². The molecule has 4 nitrogen and oxygen atoms in total. The molecule has 2 heterocycles. The molecule has 118 valence electrons. The van der Waals surface area contributed by atoms with Gasteiger partial charge in [0.1, 0.15) is 17.5 Å². The van der Waals surface area contributed by atoms with E-state index in [1.54, 1.807) is 0 Å². The molecule has 1 aliphatic heterocycles. The van der Waals surface area contributed by atoms with Crippen LogP contribution in [0.15, 0.2) is 6.07 Å². The first kappa shape index (κ1) is 16.1. The fourth-order valence-electron chi connectivity index (χ4n) is 2.95. The minimum atomic E-state index is 0.353. The molecule has 1 aromatic heterocycles. The van der Waals surface area contributed by atoms with E-state index in [0.29, 0.717) is 12.0 Å². The summed E-state index contributed by atoms with van der Waals surface area (Å²) in [4.78, 5) is 11.9. The van der Waals surface area contributed by atoms with Crippen LogP contribution in [0, 0.1) is 5.92 Å². The fraction of sp³-hybridized carbons (Fsp3) is 0.765. The first-order valence-corrected chi connectivity index (χ1v) is 8.40. The maximum absolute atomic E-state index is 4.81. The number of piperidine rings is 1. The molecule has 0 saturated carbocycles. The highest BCUT2D eigenvalue weighted by atomic mass is 15.2. The van der Waals surface area contributed by atoms with Crippen molar-refractivity contribution in [2.45, 2.75) is 65.8 Å². The Hall–Kier alpha value is -1.32. The normalized spacial score (nSPS) is 22.7. The second kappa shape index (κ2) is 7.10. The first-order chi connectivity index (χ1) is 10.0. The van der Waals surface area contributed by atoms with Gasteiger partial charge >= 0.3 is 0 Å². The van der Waals surface area contributed by atoms with Gasteiger partial charge in [0, 0.05) is 31.1 Å². The molecule has 0 amide bonds. The highest BCUT2D eigenvalue weighted by Gasteiger charge is 2.25. The minimum Gasteiger partial charge on any atom is -0.370 e. The van der Waals surface area contributed by atoms with Crippen molar-refractivity contribution in [3.05, 3.63) is 11.9 Å². The first-order valence-electron chi connectivity index (χ1n) is 8.40. The Bertz CT molecular complexity index is 458. The van der Waals surface area contributed by atoms with Gasteiger partial charge in [0.15, 0.2) is 0 Å². The van der Waals surface area contributed by atoms with Crippen LogP contribution in [0.2, 0.25) is 0 Å². The van der Waals surface area contributed by atoms with E-state index in [-0.39, 0.29) is 0 Å². The van der Waals surface area contributed by atoms with Crippen LogP contribution in [0.25, 0.3) is 0 Å². The van der Waals surface area contributed by atoms with Crippen LogP contribution in [-0.4, -0.2) is 29.1 Å². The number of nitrogens with one attached hydrogen (secondary N) is 1. The van der Waals surface area contributed by atoms with Crippen molar-refractivity contribution in [3.8, 4) is 0 Å². The van der Waals surface area contributed by atoms with E-state index >= 15 is 0 Å². The molecular formula is C17H30N4. The quantitative estimate of drug-likeness (QED) is 0.888. The lowest BCUT2D eigenvalue weighted by Gasteiger charge is -2.37. The van der Waals surface area contributed by atoms with Crippen molar-refractivity contribution in [3.63, 3.8) is 0 Å². The summed E-state index contributed by atoms with van der Waals surface area (Å²) in [5.74, 6) is 4.17. The van der Waals surface area contributed by atoms with Gasteiger partial charge in [0.25, 0.3) is 0 Å². The number of rotatable bonds is 5. The Morgan fingerprint density at radius 3 is 2.71 bits per heavy atom. The zero-order valence-electron chi connectivity index (χ0n) is 14.2. The SMILES string of the molecule is CCCNc1cc(N2CCC(C)CC2C)nc(C(C)C)n1. The van der Waals surface area contributed by atoms with Gasteiger partial charge in [-0.3, -0.25) is 0 Å². The summed E-state index contributed by atoms with van der Waals surface area (Å²) < 4.78 is 0.